The number of nitrogens with zero attached hydrogens (tertiary/aromatic N) is 4. The Balaban J connectivity index is 1.30. The summed E-state index contributed by atoms with van der Waals surface area (Å²) in [6.07, 6.45) is 3.82. The van der Waals surface area contributed by atoms with Crippen LogP contribution in [0.5, 0.6) is 17.4 Å². The fourth-order valence-corrected chi connectivity index (χ4v) is 4.61. The van der Waals surface area contributed by atoms with E-state index >= 15 is 0 Å². The van der Waals surface area contributed by atoms with Crippen LogP contribution in [-0.2, 0) is 16.4 Å². The predicted octanol–water partition coefficient (Wildman–Crippen LogP) is 3.81. The summed E-state index contributed by atoms with van der Waals surface area (Å²) >= 11 is 0. The highest BCUT2D eigenvalue weighted by atomic mass is 32.2. The van der Waals surface area contributed by atoms with Crippen molar-refractivity contribution in [2.45, 2.75) is 25.2 Å². The molecule has 0 amide bonds. The number of rotatable bonds is 6. The molecule has 9 nitrogen and oxygen atoms in total. The Hall–Kier alpha value is -3.92. The maximum absolute atomic E-state index is 12.8. The Morgan fingerprint density at radius 3 is 2.61 bits per heavy atom. The molecule has 3 heterocycles. The van der Waals surface area contributed by atoms with Gasteiger partial charge in [0.25, 0.3) is 10.0 Å². The van der Waals surface area contributed by atoms with Crippen LogP contribution in [0.2, 0.25) is 0 Å². The van der Waals surface area contributed by atoms with Crippen molar-refractivity contribution in [1.82, 2.24) is 19.5 Å². The zero-order valence-corrected chi connectivity index (χ0v) is 18.8. The van der Waals surface area contributed by atoms with E-state index in [0.29, 0.717) is 36.2 Å². The molecule has 4 aromatic rings. The van der Waals surface area contributed by atoms with Crippen LogP contribution in [0.15, 0.2) is 66.1 Å². The lowest BCUT2D eigenvalue weighted by atomic mass is 10.2. The van der Waals surface area contributed by atoms with Crippen LogP contribution < -0.4 is 14.2 Å². The summed E-state index contributed by atoms with van der Waals surface area (Å²) < 4.78 is 41.3. The van der Waals surface area contributed by atoms with Crippen molar-refractivity contribution in [3.05, 3.63) is 78.1 Å². The second-order valence-electron chi connectivity index (χ2n) is 7.60. The van der Waals surface area contributed by atoms with Crippen LogP contribution in [0.25, 0.3) is 5.82 Å². The summed E-state index contributed by atoms with van der Waals surface area (Å²) in [6.45, 7) is 4.46. The average molecular weight is 464 g/mol. The number of hydrogen-bond acceptors (Lipinski definition) is 7. The van der Waals surface area contributed by atoms with Gasteiger partial charge in [0.15, 0.2) is 0 Å². The van der Waals surface area contributed by atoms with E-state index in [1.807, 2.05) is 18.4 Å². The maximum Gasteiger partial charge on any atom is 0.261 e. The summed E-state index contributed by atoms with van der Waals surface area (Å²) in [6, 6.07) is 13.2. The summed E-state index contributed by atoms with van der Waals surface area (Å²) in [5.41, 5.74) is 3.22. The number of hydrogen-bond donors (Lipinski definition) is 1. The Bertz CT molecular complexity index is 1430. The number of ether oxygens (including phenoxy) is 2. The van der Waals surface area contributed by atoms with Crippen molar-refractivity contribution in [3.63, 3.8) is 0 Å². The van der Waals surface area contributed by atoms with Crippen molar-refractivity contribution < 1.29 is 17.9 Å². The molecule has 0 aliphatic carbocycles. The molecule has 0 saturated carbocycles. The molecule has 0 atom stereocenters. The molecule has 2 aromatic heterocycles. The van der Waals surface area contributed by atoms with Gasteiger partial charge in [-0.3, -0.25) is 9.29 Å². The molecule has 1 aliphatic heterocycles. The molecule has 5 rings (SSSR count). The number of sulfonamides is 1. The van der Waals surface area contributed by atoms with Crippen LogP contribution in [0, 0.1) is 13.8 Å². The molecule has 0 spiro atoms. The average Bonchev–Trinajstić information content (AvgIpc) is 3.41. The van der Waals surface area contributed by atoms with E-state index in [4.69, 9.17) is 9.47 Å². The van der Waals surface area contributed by atoms with E-state index in [1.54, 1.807) is 54.9 Å². The topological polar surface area (TPSA) is 108 Å². The lowest BCUT2D eigenvalue weighted by molar-refractivity contribution is 0.356. The number of benzene rings is 2. The van der Waals surface area contributed by atoms with Crippen molar-refractivity contribution in [2.75, 3.05) is 11.3 Å². The fraction of sp³-hybridized carbons (Fsp3) is 0.174. The molecule has 0 radical (unpaired) electrons. The van der Waals surface area contributed by atoms with Gasteiger partial charge >= 0.3 is 0 Å². The summed E-state index contributed by atoms with van der Waals surface area (Å²) in [4.78, 5) is 12.9. The first-order valence-corrected chi connectivity index (χ1v) is 11.8. The first-order valence-electron chi connectivity index (χ1n) is 10.3. The smallest absolute Gasteiger partial charge is 0.261 e. The lowest BCUT2D eigenvalue weighted by Gasteiger charge is -2.11. The standard InChI is InChI=1S/C23H21N5O4S/c1-15-16(2)28(14-26-15)22-12-23(25-13-24-22)32-19-5-3-18(4-6-19)27-33(29,30)20-7-8-21-17(11-20)9-10-31-21/h3-8,11-14,27H,9-10H2,1-2H3. The normalized spacial score (nSPS) is 12.8. The Morgan fingerprint density at radius 1 is 1.03 bits per heavy atom. The molecule has 10 heteroatoms. The maximum atomic E-state index is 12.8. The van der Waals surface area contributed by atoms with E-state index in [0.717, 1.165) is 22.7 Å². The number of aryl methyl sites for hydroxylation is 1. The van der Waals surface area contributed by atoms with E-state index < -0.39 is 10.0 Å². The zero-order valence-electron chi connectivity index (χ0n) is 18.0. The molecule has 2 aromatic carbocycles. The van der Waals surface area contributed by atoms with Crippen LogP contribution >= 0.6 is 0 Å². The molecule has 1 aliphatic rings. The number of anilines is 1. The quantitative estimate of drug-likeness (QED) is 0.463. The van der Waals surface area contributed by atoms with Gasteiger partial charge in [-0.15, -0.1) is 0 Å². The Kier molecular flexibility index (Phi) is 5.21. The zero-order chi connectivity index (χ0) is 23.0. The fourth-order valence-electron chi connectivity index (χ4n) is 3.50. The molecular formula is C23H21N5O4S. The minimum absolute atomic E-state index is 0.200. The minimum Gasteiger partial charge on any atom is -0.493 e. The third-order valence-corrected chi connectivity index (χ3v) is 6.81. The minimum atomic E-state index is -3.72. The van der Waals surface area contributed by atoms with E-state index in [1.165, 1.54) is 6.33 Å². The van der Waals surface area contributed by atoms with Crippen molar-refractivity contribution in [3.8, 4) is 23.2 Å². The summed E-state index contributed by atoms with van der Waals surface area (Å²) in [5.74, 6) is 2.25. The van der Waals surface area contributed by atoms with Gasteiger partial charge in [0.05, 0.1) is 17.2 Å². The van der Waals surface area contributed by atoms with Crippen molar-refractivity contribution >= 4 is 15.7 Å². The Labute approximate surface area is 191 Å². The number of aromatic nitrogens is 4. The largest absolute Gasteiger partial charge is 0.493 e. The van der Waals surface area contributed by atoms with Crippen LogP contribution in [0.4, 0.5) is 5.69 Å². The van der Waals surface area contributed by atoms with Crippen molar-refractivity contribution in [2.24, 2.45) is 0 Å². The third kappa shape index (κ3) is 4.24. The van der Waals surface area contributed by atoms with Gasteiger partial charge in [-0.25, -0.2) is 23.4 Å². The van der Waals surface area contributed by atoms with Gasteiger partial charge in [-0.05, 0) is 61.9 Å². The highest BCUT2D eigenvalue weighted by Gasteiger charge is 2.19. The SMILES string of the molecule is Cc1ncn(-c2cc(Oc3ccc(NS(=O)(=O)c4ccc5c(c4)CCO5)cc3)ncn2)c1C. The van der Waals surface area contributed by atoms with E-state index in [9.17, 15) is 8.42 Å². The summed E-state index contributed by atoms with van der Waals surface area (Å²) in [5, 5.41) is 0. The van der Waals surface area contributed by atoms with Crippen LogP contribution in [-0.4, -0.2) is 34.5 Å². The van der Waals surface area contributed by atoms with Crippen LogP contribution in [0.3, 0.4) is 0 Å². The lowest BCUT2D eigenvalue weighted by Crippen LogP contribution is -2.13. The third-order valence-electron chi connectivity index (χ3n) is 5.43. The highest BCUT2D eigenvalue weighted by Crippen LogP contribution is 2.29. The first kappa shape index (κ1) is 21.0. The number of nitrogens with one attached hydrogen (secondary N) is 1. The van der Waals surface area contributed by atoms with E-state index in [2.05, 4.69) is 19.7 Å². The molecule has 168 valence electrons. The Morgan fingerprint density at radius 2 is 1.85 bits per heavy atom. The molecule has 33 heavy (non-hydrogen) atoms. The molecule has 0 fully saturated rings. The number of fused-ring (bicyclic) bond motifs is 1. The van der Waals surface area contributed by atoms with Gasteiger partial charge in [0.1, 0.15) is 30.0 Å². The predicted molar refractivity (Wildman–Crippen MR) is 122 cm³/mol. The first-order chi connectivity index (χ1) is 15.9. The van der Waals surface area contributed by atoms with Gasteiger partial charge in [-0.2, -0.15) is 0 Å². The van der Waals surface area contributed by atoms with Gasteiger partial charge in [0, 0.05) is 23.9 Å². The second-order valence-corrected chi connectivity index (χ2v) is 9.28. The molecular weight excluding hydrogens is 442 g/mol. The molecule has 0 unspecified atom stereocenters. The molecule has 0 bridgehead atoms. The summed E-state index contributed by atoms with van der Waals surface area (Å²) in [7, 11) is -3.72. The van der Waals surface area contributed by atoms with Gasteiger partial charge < -0.3 is 9.47 Å². The van der Waals surface area contributed by atoms with Gasteiger partial charge in [-0.1, -0.05) is 0 Å². The van der Waals surface area contributed by atoms with Crippen LogP contribution in [0.1, 0.15) is 17.0 Å². The van der Waals surface area contributed by atoms with Crippen molar-refractivity contribution in [1.29, 1.82) is 0 Å². The number of imidazole rings is 1. The van der Waals surface area contributed by atoms with Gasteiger partial charge in [0.2, 0.25) is 5.88 Å². The molecule has 1 N–H and O–H groups in total. The monoisotopic (exact) mass is 463 g/mol. The second kappa shape index (κ2) is 8.21. The molecule has 0 saturated heterocycles. The highest BCUT2D eigenvalue weighted by molar-refractivity contribution is 7.92. The van der Waals surface area contributed by atoms with E-state index in [-0.39, 0.29) is 4.90 Å².